The highest BCUT2D eigenvalue weighted by molar-refractivity contribution is 5.87. The minimum atomic E-state index is -0.294. The van der Waals surface area contributed by atoms with Crippen LogP contribution in [0.25, 0.3) is 10.8 Å². The third kappa shape index (κ3) is 4.72. The van der Waals surface area contributed by atoms with Gasteiger partial charge in [-0.1, -0.05) is 49.4 Å². The Kier molecular flexibility index (Phi) is 6.40. The summed E-state index contributed by atoms with van der Waals surface area (Å²) >= 11 is 0. The van der Waals surface area contributed by atoms with Crippen LogP contribution in [0.15, 0.2) is 65.6 Å². The molecular formula is C26H27FN4O2. The second-order valence-corrected chi connectivity index (χ2v) is 8.40. The SMILES string of the molecule is Cc1c2cnn(CC(=O)NC[C@@H](C)c3ccccc3)c(=O)c2c(C)n1Cc1ccc(F)cc1. The predicted octanol–water partition coefficient (Wildman–Crippen LogP) is 3.92. The zero-order valence-corrected chi connectivity index (χ0v) is 19.0. The lowest BCUT2D eigenvalue weighted by Gasteiger charge is -2.13. The van der Waals surface area contributed by atoms with Gasteiger partial charge in [-0.3, -0.25) is 9.59 Å². The predicted molar refractivity (Wildman–Crippen MR) is 127 cm³/mol. The molecule has 2 aromatic carbocycles. The molecule has 170 valence electrons. The normalized spacial score (nSPS) is 12.1. The average Bonchev–Trinajstić information content (AvgIpc) is 3.06. The smallest absolute Gasteiger partial charge is 0.276 e. The fourth-order valence-electron chi connectivity index (χ4n) is 4.13. The summed E-state index contributed by atoms with van der Waals surface area (Å²) in [6, 6.07) is 16.3. The molecule has 0 bridgehead atoms. The summed E-state index contributed by atoms with van der Waals surface area (Å²) in [7, 11) is 0. The van der Waals surface area contributed by atoms with Crippen LogP contribution >= 0.6 is 0 Å². The molecule has 0 unspecified atom stereocenters. The van der Waals surface area contributed by atoms with Crippen molar-refractivity contribution in [3.8, 4) is 0 Å². The number of fused-ring (bicyclic) bond motifs is 1. The number of benzene rings is 2. The van der Waals surface area contributed by atoms with E-state index in [1.807, 2.05) is 55.7 Å². The van der Waals surface area contributed by atoms with Crippen molar-refractivity contribution in [2.75, 3.05) is 6.54 Å². The second kappa shape index (κ2) is 9.40. The second-order valence-electron chi connectivity index (χ2n) is 8.40. The molecule has 7 heteroatoms. The summed E-state index contributed by atoms with van der Waals surface area (Å²) in [5.41, 5.74) is 3.49. The van der Waals surface area contributed by atoms with Crippen LogP contribution in [0.4, 0.5) is 4.39 Å². The zero-order valence-electron chi connectivity index (χ0n) is 19.0. The van der Waals surface area contributed by atoms with Gasteiger partial charge in [0.05, 0.1) is 11.6 Å². The Labute approximate surface area is 191 Å². The Hall–Kier alpha value is -3.74. The van der Waals surface area contributed by atoms with E-state index < -0.39 is 0 Å². The van der Waals surface area contributed by atoms with Gasteiger partial charge in [-0.05, 0) is 43.0 Å². The van der Waals surface area contributed by atoms with Crippen LogP contribution in [0.2, 0.25) is 0 Å². The van der Waals surface area contributed by atoms with E-state index in [0.717, 1.165) is 27.9 Å². The summed E-state index contributed by atoms with van der Waals surface area (Å²) < 4.78 is 16.5. The van der Waals surface area contributed by atoms with Crippen LogP contribution in [0.5, 0.6) is 0 Å². The standard InChI is InChI=1S/C26H27FN4O2/c1-17(21-7-5-4-6-8-21)13-28-24(32)16-31-26(33)25-19(3)30(18(2)23(25)14-29-31)15-20-9-11-22(27)12-10-20/h4-12,14,17H,13,15-16H2,1-3H3,(H,28,32)/t17-/m1/s1. The molecule has 0 saturated carbocycles. The van der Waals surface area contributed by atoms with Crippen LogP contribution in [0.1, 0.15) is 35.4 Å². The Morgan fingerprint density at radius 1 is 1.06 bits per heavy atom. The average molecular weight is 447 g/mol. The van der Waals surface area contributed by atoms with Crippen molar-refractivity contribution in [3.05, 3.63) is 99.5 Å². The van der Waals surface area contributed by atoms with Gasteiger partial charge in [-0.15, -0.1) is 0 Å². The fraction of sp³-hybridized carbons (Fsp3) is 0.269. The number of hydrogen-bond donors (Lipinski definition) is 1. The topological polar surface area (TPSA) is 68.9 Å². The highest BCUT2D eigenvalue weighted by Crippen LogP contribution is 2.23. The van der Waals surface area contributed by atoms with Gasteiger partial charge < -0.3 is 9.88 Å². The van der Waals surface area contributed by atoms with Gasteiger partial charge in [0.2, 0.25) is 5.91 Å². The Morgan fingerprint density at radius 2 is 1.76 bits per heavy atom. The first-order valence-corrected chi connectivity index (χ1v) is 11.0. The van der Waals surface area contributed by atoms with Gasteiger partial charge in [0.25, 0.3) is 5.56 Å². The van der Waals surface area contributed by atoms with Crippen LogP contribution in [0.3, 0.4) is 0 Å². The molecule has 0 fully saturated rings. The largest absolute Gasteiger partial charge is 0.354 e. The van der Waals surface area contributed by atoms with Crippen LogP contribution in [0, 0.1) is 19.7 Å². The quantitative estimate of drug-likeness (QED) is 0.468. The first-order chi connectivity index (χ1) is 15.8. The molecule has 0 aliphatic heterocycles. The van der Waals surface area contributed by atoms with E-state index in [4.69, 9.17) is 0 Å². The maximum Gasteiger partial charge on any atom is 0.276 e. The lowest BCUT2D eigenvalue weighted by molar-refractivity contribution is -0.121. The molecular weight excluding hydrogens is 419 g/mol. The maximum atomic E-state index is 13.2. The number of nitrogens with one attached hydrogen (secondary N) is 1. The van der Waals surface area contributed by atoms with Crippen molar-refractivity contribution < 1.29 is 9.18 Å². The third-order valence-electron chi connectivity index (χ3n) is 6.13. The summed E-state index contributed by atoms with van der Waals surface area (Å²) in [5, 5.41) is 8.45. The van der Waals surface area contributed by atoms with Gasteiger partial charge in [-0.25, -0.2) is 9.07 Å². The number of halogens is 1. The summed E-state index contributed by atoms with van der Waals surface area (Å²) in [5.74, 6) is -0.382. The van der Waals surface area contributed by atoms with Gasteiger partial charge in [0.1, 0.15) is 12.4 Å². The molecule has 0 saturated heterocycles. The van der Waals surface area contributed by atoms with Crippen LogP contribution in [-0.2, 0) is 17.9 Å². The van der Waals surface area contributed by atoms with E-state index in [0.29, 0.717) is 18.5 Å². The van der Waals surface area contributed by atoms with Crippen LogP contribution < -0.4 is 10.9 Å². The molecule has 1 amide bonds. The number of amides is 1. The molecule has 0 aliphatic carbocycles. The first-order valence-electron chi connectivity index (χ1n) is 11.0. The Morgan fingerprint density at radius 3 is 2.45 bits per heavy atom. The third-order valence-corrected chi connectivity index (χ3v) is 6.13. The Balaban J connectivity index is 1.52. The first kappa shape index (κ1) is 22.5. The summed E-state index contributed by atoms with van der Waals surface area (Å²) in [6.45, 7) is 6.71. The van der Waals surface area contributed by atoms with Gasteiger partial charge >= 0.3 is 0 Å². The molecule has 0 radical (unpaired) electrons. The molecule has 6 nitrogen and oxygen atoms in total. The number of nitrogens with zero attached hydrogens (tertiary/aromatic N) is 3. The van der Waals surface area contributed by atoms with E-state index in [9.17, 15) is 14.0 Å². The number of aryl methyl sites for hydroxylation is 2. The molecule has 1 N–H and O–H groups in total. The minimum Gasteiger partial charge on any atom is -0.354 e. The molecule has 4 aromatic rings. The molecule has 0 aliphatic rings. The number of rotatable bonds is 7. The van der Waals surface area contributed by atoms with E-state index in [-0.39, 0.29) is 29.7 Å². The monoisotopic (exact) mass is 446 g/mol. The maximum absolute atomic E-state index is 13.2. The molecule has 0 spiro atoms. The van der Waals surface area contributed by atoms with Crippen molar-refractivity contribution in [3.63, 3.8) is 0 Å². The van der Waals surface area contributed by atoms with Gasteiger partial charge in [0.15, 0.2) is 0 Å². The van der Waals surface area contributed by atoms with Crippen molar-refractivity contribution in [2.45, 2.75) is 39.8 Å². The van der Waals surface area contributed by atoms with Gasteiger partial charge in [0, 0.05) is 29.9 Å². The molecule has 1 atom stereocenters. The highest BCUT2D eigenvalue weighted by atomic mass is 19.1. The Bertz CT molecular complexity index is 1340. The number of carbonyl (C=O) groups is 1. The van der Waals surface area contributed by atoms with Crippen molar-refractivity contribution in [2.24, 2.45) is 0 Å². The zero-order chi connectivity index (χ0) is 23.5. The van der Waals surface area contributed by atoms with E-state index in [1.54, 1.807) is 18.3 Å². The lowest BCUT2D eigenvalue weighted by atomic mass is 10.0. The summed E-state index contributed by atoms with van der Waals surface area (Å²) in [6.07, 6.45) is 1.64. The minimum absolute atomic E-state index is 0.141. The van der Waals surface area contributed by atoms with Crippen molar-refractivity contribution in [1.29, 1.82) is 0 Å². The fourth-order valence-corrected chi connectivity index (χ4v) is 4.13. The van der Waals surface area contributed by atoms with E-state index in [1.165, 1.54) is 16.8 Å². The number of aromatic nitrogens is 3. The molecule has 33 heavy (non-hydrogen) atoms. The number of carbonyl (C=O) groups excluding carboxylic acids is 1. The molecule has 2 aromatic heterocycles. The molecule has 4 rings (SSSR count). The number of hydrogen-bond acceptors (Lipinski definition) is 3. The van der Waals surface area contributed by atoms with Crippen molar-refractivity contribution >= 4 is 16.7 Å². The van der Waals surface area contributed by atoms with Gasteiger partial charge in [-0.2, -0.15) is 5.10 Å². The van der Waals surface area contributed by atoms with E-state index in [2.05, 4.69) is 10.4 Å². The van der Waals surface area contributed by atoms with E-state index >= 15 is 0 Å². The summed E-state index contributed by atoms with van der Waals surface area (Å²) in [4.78, 5) is 25.7. The highest BCUT2D eigenvalue weighted by Gasteiger charge is 2.18. The van der Waals surface area contributed by atoms with Crippen LogP contribution in [-0.4, -0.2) is 26.8 Å². The van der Waals surface area contributed by atoms with Crippen molar-refractivity contribution in [1.82, 2.24) is 19.7 Å². The molecule has 2 heterocycles. The lowest BCUT2D eigenvalue weighted by Crippen LogP contribution is -2.35.